The molecule has 4 rings (SSSR count). The Bertz CT molecular complexity index is 1160. The zero-order valence-corrected chi connectivity index (χ0v) is 17.8. The zero-order valence-electron chi connectivity index (χ0n) is 17.0. The molecule has 1 aliphatic rings. The maximum Gasteiger partial charge on any atom is 0.416 e. The lowest BCUT2D eigenvalue weighted by atomic mass is 10.1. The summed E-state index contributed by atoms with van der Waals surface area (Å²) in [4.78, 5) is 2.30. The Kier molecular flexibility index (Phi) is 6.13. The Labute approximate surface area is 183 Å². The molecule has 1 aromatic heterocycles. The van der Waals surface area contributed by atoms with Crippen molar-refractivity contribution in [2.75, 3.05) is 38.2 Å². The molecule has 5 nitrogen and oxygen atoms in total. The van der Waals surface area contributed by atoms with Crippen LogP contribution in [-0.2, 0) is 17.2 Å². The Hall–Kier alpha value is -2.66. The number of alkyl halides is 5. The van der Waals surface area contributed by atoms with Gasteiger partial charge >= 0.3 is 6.18 Å². The van der Waals surface area contributed by atoms with Gasteiger partial charge in [-0.2, -0.15) is 13.2 Å². The number of aromatic nitrogens is 1. The molecule has 172 valence electrons. The number of methoxy groups -OCH3 is 1. The number of nitrogens with one attached hydrogen (secondary N) is 1. The van der Waals surface area contributed by atoms with Crippen molar-refractivity contribution < 1.29 is 30.9 Å². The summed E-state index contributed by atoms with van der Waals surface area (Å²) in [6.07, 6.45) is -6.63. The summed E-state index contributed by atoms with van der Waals surface area (Å²) in [6, 6.07) is 7.25. The number of hydrogen-bond acceptors (Lipinski definition) is 4. The summed E-state index contributed by atoms with van der Waals surface area (Å²) < 4.78 is 86.5. The van der Waals surface area contributed by atoms with Crippen molar-refractivity contribution in [2.45, 2.75) is 17.5 Å². The Morgan fingerprint density at radius 1 is 1.09 bits per heavy atom. The minimum atomic E-state index is -4.66. The van der Waals surface area contributed by atoms with Crippen molar-refractivity contribution in [2.24, 2.45) is 0 Å². The fraction of sp³-hybridized carbons (Fsp3) is 0.333. The molecule has 32 heavy (non-hydrogen) atoms. The van der Waals surface area contributed by atoms with Crippen LogP contribution < -0.4 is 15.0 Å². The number of hydrogen-bond donors (Lipinski definition) is 1. The van der Waals surface area contributed by atoms with Gasteiger partial charge in [0.2, 0.25) is 0 Å². The molecule has 2 aromatic carbocycles. The van der Waals surface area contributed by atoms with Crippen LogP contribution in [0.25, 0.3) is 10.9 Å². The summed E-state index contributed by atoms with van der Waals surface area (Å²) in [5, 5.41) is 3.15. The second-order valence-corrected chi connectivity index (χ2v) is 8.62. The first-order valence-corrected chi connectivity index (χ1v) is 10.9. The molecule has 0 saturated carbocycles. The van der Waals surface area contributed by atoms with E-state index in [1.807, 2.05) is 4.90 Å². The fourth-order valence-corrected chi connectivity index (χ4v) is 4.92. The van der Waals surface area contributed by atoms with Gasteiger partial charge in [0, 0.05) is 43.3 Å². The molecular weight excluding hydrogens is 453 g/mol. The highest BCUT2D eigenvalue weighted by Gasteiger charge is 2.32. The molecule has 2 heterocycles. The second kappa shape index (κ2) is 8.70. The standard InChI is InChI=1S/C21H20F5N3O2S/c1-31-19-5-3-14(11-18(19)28-8-6-27-7-9-28)32(30)29-12-16(20(22)23)15-4-2-13(10-17(15)29)21(24,25)26/h2-5,10-12,20,27H,6-9H2,1H3. The van der Waals surface area contributed by atoms with E-state index in [4.69, 9.17) is 4.74 Å². The van der Waals surface area contributed by atoms with Gasteiger partial charge in [0.05, 0.1) is 28.8 Å². The molecule has 1 atom stereocenters. The van der Waals surface area contributed by atoms with Crippen LogP contribution in [0.1, 0.15) is 17.6 Å². The zero-order chi connectivity index (χ0) is 23.0. The highest BCUT2D eigenvalue weighted by molar-refractivity contribution is 7.83. The molecule has 0 bridgehead atoms. The van der Waals surface area contributed by atoms with Gasteiger partial charge in [-0.3, -0.25) is 3.97 Å². The van der Waals surface area contributed by atoms with Gasteiger partial charge in [-0.15, -0.1) is 0 Å². The average molecular weight is 473 g/mol. The van der Waals surface area contributed by atoms with Crippen LogP contribution >= 0.6 is 0 Å². The lowest BCUT2D eigenvalue weighted by Crippen LogP contribution is -2.43. The van der Waals surface area contributed by atoms with E-state index in [1.54, 1.807) is 12.1 Å². The molecule has 3 aromatic rings. The van der Waals surface area contributed by atoms with Crippen LogP contribution in [0.15, 0.2) is 47.5 Å². The smallest absolute Gasteiger partial charge is 0.416 e. The van der Waals surface area contributed by atoms with E-state index >= 15 is 0 Å². The monoisotopic (exact) mass is 473 g/mol. The molecule has 0 amide bonds. The first-order valence-electron chi connectivity index (χ1n) is 9.77. The van der Waals surface area contributed by atoms with Crippen molar-refractivity contribution in [1.82, 2.24) is 9.29 Å². The van der Waals surface area contributed by atoms with E-state index in [2.05, 4.69) is 5.32 Å². The number of ether oxygens (including phenoxy) is 1. The molecule has 11 heteroatoms. The second-order valence-electron chi connectivity index (χ2n) is 7.26. The first kappa shape index (κ1) is 22.5. The third-order valence-electron chi connectivity index (χ3n) is 5.35. The maximum atomic E-state index is 13.6. The normalized spacial score (nSPS) is 16.0. The third kappa shape index (κ3) is 4.18. The molecule has 1 unspecified atom stereocenters. The summed E-state index contributed by atoms with van der Waals surface area (Å²) >= 11 is 0. The number of rotatable bonds is 5. The van der Waals surface area contributed by atoms with Gasteiger partial charge in [0.1, 0.15) is 5.75 Å². The van der Waals surface area contributed by atoms with Crippen molar-refractivity contribution >= 4 is 27.6 Å². The minimum Gasteiger partial charge on any atom is -0.495 e. The number of piperazine rings is 1. The first-order chi connectivity index (χ1) is 15.2. The number of fused-ring (bicyclic) bond motifs is 1. The Morgan fingerprint density at radius 2 is 1.81 bits per heavy atom. The van der Waals surface area contributed by atoms with Crippen molar-refractivity contribution in [3.8, 4) is 5.75 Å². The maximum absolute atomic E-state index is 13.6. The van der Waals surface area contributed by atoms with Crippen LogP contribution in [-0.4, -0.2) is 41.5 Å². The predicted octanol–water partition coefficient (Wildman–Crippen LogP) is 4.59. The molecule has 1 aliphatic heterocycles. The highest BCUT2D eigenvalue weighted by Crippen LogP contribution is 2.37. The number of halogens is 5. The van der Waals surface area contributed by atoms with Crippen molar-refractivity contribution in [1.29, 1.82) is 0 Å². The molecule has 0 radical (unpaired) electrons. The number of benzene rings is 2. The van der Waals surface area contributed by atoms with Gasteiger partial charge in [-0.25, -0.2) is 13.0 Å². The summed E-state index contributed by atoms with van der Waals surface area (Å²) in [5.74, 6) is 0.553. The fourth-order valence-electron chi connectivity index (χ4n) is 3.76. The molecule has 1 N–H and O–H groups in total. The minimum absolute atomic E-state index is 0.0720. The van der Waals surface area contributed by atoms with Gasteiger partial charge < -0.3 is 15.0 Å². The van der Waals surface area contributed by atoms with E-state index in [1.165, 1.54) is 13.2 Å². The SMILES string of the molecule is COc1ccc(S(=O)n2cc(C(F)F)c3ccc(C(F)(F)F)cc32)cc1N1CCNCC1. The molecule has 1 fully saturated rings. The predicted molar refractivity (Wildman–Crippen MR) is 112 cm³/mol. The number of anilines is 1. The summed E-state index contributed by atoms with van der Waals surface area (Å²) in [5.41, 5.74) is -0.967. The van der Waals surface area contributed by atoms with E-state index in [9.17, 15) is 26.2 Å². The average Bonchev–Trinajstić information content (AvgIpc) is 3.17. The molecular formula is C21H20F5N3O2S. The summed E-state index contributed by atoms with van der Waals surface area (Å²) in [7, 11) is -0.554. The van der Waals surface area contributed by atoms with Crippen LogP contribution in [0.2, 0.25) is 0 Å². The third-order valence-corrected chi connectivity index (χ3v) is 6.67. The van der Waals surface area contributed by atoms with E-state index in [0.29, 0.717) is 24.5 Å². The van der Waals surface area contributed by atoms with Crippen LogP contribution in [0, 0.1) is 0 Å². The lowest BCUT2D eigenvalue weighted by Gasteiger charge is -2.30. The molecule has 0 aliphatic carbocycles. The van der Waals surface area contributed by atoms with Crippen LogP contribution in [0.5, 0.6) is 5.75 Å². The number of nitrogens with zero attached hydrogens (tertiary/aromatic N) is 2. The van der Waals surface area contributed by atoms with Gasteiger partial charge in [0.25, 0.3) is 6.43 Å². The van der Waals surface area contributed by atoms with Crippen LogP contribution in [0.4, 0.5) is 27.6 Å². The lowest BCUT2D eigenvalue weighted by molar-refractivity contribution is -0.137. The van der Waals surface area contributed by atoms with Crippen LogP contribution in [0.3, 0.4) is 0 Å². The summed E-state index contributed by atoms with van der Waals surface area (Å²) in [6.45, 7) is 2.86. The van der Waals surface area contributed by atoms with E-state index < -0.39 is 34.7 Å². The molecule has 1 saturated heterocycles. The van der Waals surface area contributed by atoms with Gasteiger partial charge in [0.15, 0.2) is 11.0 Å². The molecule has 0 spiro atoms. The largest absolute Gasteiger partial charge is 0.495 e. The Morgan fingerprint density at radius 3 is 2.44 bits per heavy atom. The van der Waals surface area contributed by atoms with E-state index in [0.717, 1.165) is 41.5 Å². The highest BCUT2D eigenvalue weighted by atomic mass is 32.2. The quantitative estimate of drug-likeness (QED) is 0.551. The van der Waals surface area contributed by atoms with Crippen molar-refractivity contribution in [3.63, 3.8) is 0 Å². The van der Waals surface area contributed by atoms with Crippen molar-refractivity contribution in [3.05, 3.63) is 53.7 Å². The Balaban J connectivity index is 1.82. The van der Waals surface area contributed by atoms with E-state index in [-0.39, 0.29) is 15.8 Å². The van der Waals surface area contributed by atoms with Gasteiger partial charge in [-0.05, 0) is 30.3 Å². The van der Waals surface area contributed by atoms with Gasteiger partial charge in [-0.1, -0.05) is 6.07 Å². The topological polar surface area (TPSA) is 46.5 Å².